The maximum atomic E-state index is 5.32. The summed E-state index contributed by atoms with van der Waals surface area (Å²) in [4.78, 5) is 0. The molecule has 457 valence electrons. The summed E-state index contributed by atoms with van der Waals surface area (Å²) in [7, 11) is 0. The van der Waals surface area contributed by atoms with Crippen LogP contribution in [0, 0.1) is 198 Å². The predicted octanol–water partition coefficient (Wildman–Crippen LogP) is -12.5. The Morgan fingerprint density at radius 3 is 0.288 bits per heavy atom. The van der Waals surface area contributed by atoms with Gasteiger partial charge in [-0.25, -0.2) is 0 Å². The molecule has 0 unspecified atom stereocenters. The van der Waals surface area contributed by atoms with E-state index in [1.165, 1.54) is 0 Å². The van der Waals surface area contributed by atoms with Gasteiger partial charge in [-0.1, -0.05) is 0 Å². The van der Waals surface area contributed by atoms with E-state index in [2.05, 4.69) is 63.8 Å². The standard InChI is InChI=1S/4C8H23N5.4Eu.4H2O.10S.3Sb/c4*9-1-3-11-5-7-13-8-6-12-4-2-10;;;;;;;;;;;;;;;;;;;;;/h4*11-13H,1-10H2;;;;;4*1H2;;;;;;;;;;;;;/q;;;;4*+3;;;;;10*-2;;2*+3/p-2. The topological polar surface area (TPSA) is 476 Å². The summed E-state index contributed by atoms with van der Waals surface area (Å²) in [5, 5.41) is 38.9. The van der Waals surface area contributed by atoms with Crippen molar-refractivity contribution in [2.75, 3.05) is 209 Å². The van der Waals surface area contributed by atoms with Crippen LogP contribution in [0.5, 0.6) is 0 Å². The first-order valence-electron chi connectivity index (χ1n) is 19.8. The third-order valence-corrected chi connectivity index (χ3v) is 6.40. The first-order valence-corrected chi connectivity index (χ1v) is 19.8. The van der Waals surface area contributed by atoms with Crippen LogP contribution in [0.4, 0.5) is 0 Å². The average molecular weight is 2120 g/mol. The SMILES string of the molecule is NCCNCCNCCNCCN.NCCNCCNCCNCCN.NCCNCCNCCNCCN.NCCNCCNCCNCCN.O.O.[Eu+3].[Eu+3].[Eu+3].[Eu+3].[OH-].[OH-].[S-2].[S-2].[S-2].[S-2].[S-2].[S-2].[S-2].[S-2].[S-2].[S-2].[Sb+3].[Sb+3].[Sb]. The first kappa shape index (κ1) is 166. The molecule has 0 fully saturated rings. The van der Waals surface area contributed by atoms with Gasteiger partial charge in [0.2, 0.25) is 0 Å². The van der Waals surface area contributed by atoms with E-state index in [0.717, 1.165) is 157 Å². The maximum Gasteiger partial charge on any atom is 3.00 e. The molecule has 24 nitrogen and oxygen atoms in total. The molecule has 0 saturated heterocycles. The summed E-state index contributed by atoms with van der Waals surface area (Å²) in [6.45, 7) is 28.6. The minimum Gasteiger partial charge on any atom is -2.00 e. The molecule has 0 saturated carbocycles. The van der Waals surface area contributed by atoms with E-state index in [4.69, 9.17) is 45.9 Å². The minimum atomic E-state index is 0. The fourth-order valence-electron chi connectivity index (χ4n) is 3.73. The molecule has 0 aliphatic carbocycles. The molecule has 0 aliphatic rings. The van der Waals surface area contributed by atoms with E-state index in [0.29, 0.717) is 52.4 Å². The summed E-state index contributed by atoms with van der Waals surface area (Å²) in [6.07, 6.45) is 0. The first-order chi connectivity index (χ1) is 25.7. The number of hydrogen-bond acceptors (Lipinski definition) is 22. The number of nitrogens with one attached hydrogen (secondary N) is 12. The summed E-state index contributed by atoms with van der Waals surface area (Å²) in [5.41, 5.74) is 42.6. The smallest absolute Gasteiger partial charge is 2.00 e. The van der Waals surface area contributed by atoms with Gasteiger partial charge in [0, 0.05) is 234 Å². The Kier molecular flexibility index (Phi) is 420. The molecule has 0 spiro atoms. The van der Waals surface area contributed by atoms with Crippen molar-refractivity contribution in [3.05, 3.63) is 0 Å². The molecule has 34 N–H and O–H groups in total. The summed E-state index contributed by atoms with van der Waals surface area (Å²) < 4.78 is 0. The fraction of sp³-hybridized carbons (Fsp3) is 1.00. The zero-order valence-electron chi connectivity index (χ0n) is 42.1. The van der Waals surface area contributed by atoms with Crippen LogP contribution in [-0.4, -0.2) is 305 Å². The second-order valence-corrected chi connectivity index (χ2v) is 11.3. The van der Waals surface area contributed by atoms with Crippen molar-refractivity contribution in [3.8, 4) is 0 Å². The molecule has 0 aromatic heterocycles. The van der Waals surface area contributed by atoms with Gasteiger partial charge in [0.15, 0.2) is 0 Å². The van der Waals surface area contributed by atoms with Crippen LogP contribution < -0.4 is 110 Å². The molecule has 0 heterocycles. The molecule has 0 rings (SSSR count). The van der Waals surface area contributed by atoms with E-state index in [9.17, 15) is 0 Å². The van der Waals surface area contributed by atoms with Crippen molar-refractivity contribution in [1.29, 1.82) is 0 Å². The van der Waals surface area contributed by atoms with E-state index < -0.39 is 0 Å². The Morgan fingerprint density at radius 2 is 0.233 bits per heavy atom. The molecule has 7 radical (unpaired) electrons. The summed E-state index contributed by atoms with van der Waals surface area (Å²) in [6, 6.07) is 0. The Bertz CT molecular complexity index is 504. The van der Waals surface area contributed by atoms with Gasteiger partial charge in [-0.2, -0.15) is 0 Å². The quantitative estimate of drug-likeness (QED) is 0.0200. The Labute approximate surface area is 731 Å². The average Bonchev–Trinajstić information content (AvgIpc) is 3.16. The zero-order valence-corrected chi connectivity index (χ0v) is 67.6. The van der Waals surface area contributed by atoms with Crippen LogP contribution in [0.25, 0.3) is 0 Å². The molecular weight excluding hydrogens is 2020 g/mol. The van der Waals surface area contributed by atoms with Gasteiger partial charge >= 0.3 is 246 Å². The number of nitrogens with two attached hydrogens (primary N) is 8. The van der Waals surface area contributed by atoms with Crippen LogP contribution in [0.15, 0.2) is 0 Å². The molecule has 0 atom stereocenters. The van der Waals surface area contributed by atoms with Crippen LogP contribution in [0.1, 0.15) is 0 Å². The van der Waals surface area contributed by atoms with Crippen molar-refractivity contribution in [2.45, 2.75) is 0 Å². The second kappa shape index (κ2) is 185. The van der Waals surface area contributed by atoms with Gasteiger partial charge < -0.3 is 267 Å². The third kappa shape index (κ3) is 209. The molecule has 0 bridgehead atoms. The largest absolute Gasteiger partial charge is 3.00 e. The van der Waals surface area contributed by atoms with Crippen molar-refractivity contribution in [3.63, 3.8) is 0 Å². The normalized spacial score (nSPS) is 7.56. The van der Waals surface area contributed by atoms with Crippen LogP contribution in [0.3, 0.4) is 0 Å². The molecule has 0 aromatic carbocycles. The van der Waals surface area contributed by atoms with E-state index in [-0.39, 0.29) is 428 Å². The van der Waals surface area contributed by atoms with Crippen LogP contribution in [0.2, 0.25) is 0 Å². The van der Waals surface area contributed by atoms with Gasteiger partial charge in [0.05, 0.1) is 0 Å². The Morgan fingerprint density at radius 1 is 0.178 bits per heavy atom. The molecule has 0 aromatic rings. The monoisotopic (exact) mass is 2120 g/mol. The molecular formula is C32H98Eu4N20O4S10Sb3-4. The van der Waals surface area contributed by atoms with Crippen LogP contribution >= 0.6 is 0 Å². The van der Waals surface area contributed by atoms with Gasteiger partial charge in [-0.05, 0) is 0 Å². The van der Waals surface area contributed by atoms with Crippen molar-refractivity contribution < 1.29 is 219 Å². The van der Waals surface area contributed by atoms with E-state index in [1.54, 1.807) is 0 Å². The predicted molar refractivity (Wildman–Crippen MR) is 329 cm³/mol. The minimum absolute atomic E-state index is 0. The van der Waals surface area contributed by atoms with Gasteiger partial charge in [0.1, 0.15) is 0 Å². The third-order valence-electron chi connectivity index (χ3n) is 6.40. The van der Waals surface area contributed by atoms with Crippen molar-refractivity contribution in [1.82, 2.24) is 63.8 Å². The van der Waals surface area contributed by atoms with Gasteiger partial charge in [0.25, 0.3) is 0 Å². The zero-order chi connectivity index (χ0) is 39.1. The Hall–Kier alpha value is 11.3. The second-order valence-electron chi connectivity index (χ2n) is 11.3. The molecule has 0 amide bonds. The summed E-state index contributed by atoms with van der Waals surface area (Å²) in [5.74, 6) is 0. The molecule has 73 heavy (non-hydrogen) atoms. The van der Waals surface area contributed by atoms with Gasteiger partial charge in [-0.3, -0.25) is 0 Å². The van der Waals surface area contributed by atoms with E-state index in [1.807, 2.05) is 0 Å². The number of rotatable bonds is 40. The maximum absolute atomic E-state index is 5.32. The van der Waals surface area contributed by atoms with Crippen molar-refractivity contribution >= 4 is 208 Å². The Balaban J connectivity index is -0.0000000167. The molecule has 41 heteroatoms. The van der Waals surface area contributed by atoms with Gasteiger partial charge in [-0.15, -0.1) is 0 Å². The van der Waals surface area contributed by atoms with Crippen LogP contribution in [-0.2, 0) is 135 Å². The molecule has 0 aliphatic heterocycles. The fourth-order valence-corrected chi connectivity index (χ4v) is 3.73. The number of hydrogen-bond donors (Lipinski definition) is 20. The summed E-state index contributed by atoms with van der Waals surface area (Å²) >= 11 is 0. The van der Waals surface area contributed by atoms with Crippen molar-refractivity contribution in [2.24, 2.45) is 45.9 Å². The van der Waals surface area contributed by atoms with E-state index >= 15 is 0 Å².